The summed E-state index contributed by atoms with van der Waals surface area (Å²) in [5.74, 6) is 0. The van der Waals surface area contributed by atoms with Crippen LogP contribution in [-0.2, 0) is 13.5 Å². The zero-order valence-electron chi connectivity index (χ0n) is 31.5. The Morgan fingerprint density at radius 3 is 1.59 bits per heavy atom. The fourth-order valence-corrected chi connectivity index (χ4v) is 17.6. The zero-order chi connectivity index (χ0) is 35.6. The Morgan fingerprint density at radius 2 is 1.12 bits per heavy atom. The van der Waals surface area contributed by atoms with Crippen LogP contribution < -0.4 is 4.90 Å². The molecule has 3 saturated carbocycles. The SMILES string of the molecule is C1CCC([PH+](C2CCCCC2)C2CCCCC2)CC1.Cc1cc(C)c(N2[CH-]CCC2)c(C)c1.[Cl][Ru]([Cl])=[C]1C=C(c2ccccc2)c2ccccc21. The van der Waals surface area contributed by atoms with Gasteiger partial charge in [0.2, 0.25) is 0 Å². The molecule has 5 heteroatoms. The zero-order valence-corrected chi connectivity index (χ0v) is 35.8. The van der Waals surface area contributed by atoms with E-state index in [9.17, 15) is 0 Å². The van der Waals surface area contributed by atoms with Gasteiger partial charge in [-0.1, -0.05) is 43.4 Å². The van der Waals surface area contributed by atoms with E-state index >= 15 is 0 Å². The van der Waals surface area contributed by atoms with Crippen molar-refractivity contribution in [3.8, 4) is 0 Å². The molecule has 1 saturated heterocycles. The second kappa shape index (κ2) is 19.9. The molecule has 0 bridgehead atoms. The quantitative estimate of drug-likeness (QED) is 0.141. The molecule has 1 heterocycles. The molecule has 0 atom stereocenters. The summed E-state index contributed by atoms with van der Waals surface area (Å²) in [6.45, 7) is 10.1. The summed E-state index contributed by atoms with van der Waals surface area (Å²) >= 11 is -1.88. The van der Waals surface area contributed by atoms with E-state index in [1.165, 1.54) is 81.0 Å². The normalized spacial score (nSPS) is 20.3. The molecule has 0 unspecified atom stereocenters. The Balaban J connectivity index is 0.000000133. The van der Waals surface area contributed by atoms with Gasteiger partial charge in [-0.3, -0.25) is 0 Å². The molecule has 8 rings (SSSR count). The predicted molar refractivity (Wildman–Crippen MR) is 226 cm³/mol. The van der Waals surface area contributed by atoms with Crippen molar-refractivity contribution >= 4 is 42.7 Å². The van der Waals surface area contributed by atoms with Crippen LogP contribution in [-0.4, -0.2) is 27.6 Å². The van der Waals surface area contributed by atoms with Gasteiger partial charge in [0.15, 0.2) is 0 Å². The van der Waals surface area contributed by atoms with Crippen LogP contribution >= 0.6 is 27.3 Å². The Bertz CT molecular complexity index is 1540. The maximum atomic E-state index is 6.19. The Kier molecular flexibility index (Phi) is 15.3. The van der Waals surface area contributed by atoms with Gasteiger partial charge in [-0.25, -0.2) is 6.54 Å². The van der Waals surface area contributed by atoms with Gasteiger partial charge in [0, 0.05) is 13.6 Å². The minimum absolute atomic E-state index is 0.0465. The summed E-state index contributed by atoms with van der Waals surface area (Å²) in [6.07, 6.45) is 28.5. The standard InChI is InChI=1S/C18H33P.C15H10.C13H18N.2ClH.Ru/c1-4-10-16(11-5-1)19(17-12-6-2-7-13-17)18-14-8-3-9-15-18;1-2-6-12(7-3-1)15-11-10-13-8-4-5-9-14(13)15;1-10-8-11(2)13(12(3)9-10)14-6-4-5-7-14;;;/h16-18H,1-15H2;1-9,11H;6,8-9H,4-5,7H2,1-3H3;2*1H;/q;;-1;;;+2/p-1. The van der Waals surface area contributed by atoms with Crippen LogP contribution in [0.1, 0.15) is 143 Å². The number of allylic oxidation sites excluding steroid dienone is 1. The van der Waals surface area contributed by atoms with Gasteiger partial charge in [-0.15, -0.1) is 0 Å². The molecule has 5 aliphatic rings. The van der Waals surface area contributed by atoms with Crippen molar-refractivity contribution in [3.05, 3.63) is 113 Å². The topological polar surface area (TPSA) is 3.24 Å². The van der Waals surface area contributed by atoms with Gasteiger partial charge in [0.25, 0.3) is 0 Å². The molecule has 0 aromatic heterocycles. The summed E-state index contributed by atoms with van der Waals surface area (Å²) in [7, 11) is 12.3. The van der Waals surface area contributed by atoms with E-state index in [1.807, 2.05) is 24.3 Å². The Labute approximate surface area is 325 Å². The van der Waals surface area contributed by atoms with Gasteiger partial charge in [-0.2, -0.15) is 6.42 Å². The molecule has 3 aromatic rings. The van der Waals surface area contributed by atoms with E-state index in [4.69, 9.17) is 19.4 Å². The van der Waals surface area contributed by atoms with E-state index < -0.39 is 13.5 Å². The van der Waals surface area contributed by atoms with Crippen molar-refractivity contribution in [1.29, 1.82) is 0 Å². The number of halogens is 2. The molecule has 0 N–H and O–H groups in total. The van der Waals surface area contributed by atoms with Gasteiger partial charge >= 0.3 is 120 Å². The van der Waals surface area contributed by atoms with Crippen LogP contribution in [0, 0.1) is 27.3 Å². The Morgan fingerprint density at radius 1 is 0.627 bits per heavy atom. The first-order chi connectivity index (χ1) is 24.9. The van der Waals surface area contributed by atoms with Crippen molar-refractivity contribution in [2.75, 3.05) is 11.4 Å². The first-order valence-corrected chi connectivity index (χ1v) is 27.3. The van der Waals surface area contributed by atoms with Gasteiger partial charge in [-0.05, 0) is 115 Å². The van der Waals surface area contributed by atoms with Crippen LogP contribution in [0.25, 0.3) is 5.57 Å². The average molecular weight is 832 g/mol. The monoisotopic (exact) mass is 831 g/mol. The van der Waals surface area contributed by atoms with Crippen molar-refractivity contribution in [1.82, 2.24) is 0 Å². The molecular formula is C46H62Cl2NPRu. The van der Waals surface area contributed by atoms with Crippen LogP contribution in [0.3, 0.4) is 0 Å². The first kappa shape index (κ1) is 39.4. The van der Waals surface area contributed by atoms with Gasteiger partial charge in [0.1, 0.15) is 0 Å². The van der Waals surface area contributed by atoms with Crippen molar-refractivity contribution in [2.24, 2.45) is 0 Å². The number of fused-ring (bicyclic) bond motifs is 1. The molecule has 0 radical (unpaired) electrons. The third-order valence-corrected chi connectivity index (χ3v) is 19.8. The second-order valence-electron chi connectivity index (χ2n) is 15.8. The molecule has 0 spiro atoms. The second-order valence-corrected chi connectivity index (χ2v) is 25.0. The van der Waals surface area contributed by atoms with Crippen molar-refractivity contribution < 1.29 is 13.5 Å². The van der Waals surface area contributed by atoms with E-state index in [-0.39, 0.29) is 7.92 Å². The van der Waals surface area contributed by atoms with Crippen LogP contribution in [0.15, 0.2) is 72.8 Å². The predicted octanol–water partition coefficient (Wildman–Crippen LogP) is 14.2. The number of hydrogen-bond donors (Lipinski definition) is 0. The van der Waals surface area contributed by atoms with E-state index in [2.05, 4.69) is 80.8 Å². The maximum absolute atomic E-state index is 6.19. The van der Waals surface area contributed by atoms with Crippen LogP contribution in [0.4, 0.5) is 5.69 Å². The summed E-state index contributed by atoms with van der Waals surface area (Å²) in [5, 5.41) is 0. The fourth-order valence-electron chi connectivity index (χ4n) is 9.90. The summed E-state index contributed by atoms with van der Waals surface area (Å²) in [6, 6.07) is 23.2. The first-order valence-electron chi connectivity index (χ1n) is 20.2. The molecular weight excluding hydrogens is 769 g/mol. The number of rotatable bonds is 5. The Hall–Kier alpha value is -1.30. The number of aryl methyl sites for hydroxylation is 3. The number of benzene rings is 3. The third kappa shape index (κ3) is 10.5. The molecule has 4 aliphatic carbocycles. The van der Waals surface area contributed by atoms with E-state index in [0.717, 1.165) is 4.11 Å². The molecule has 1 aliphatic heterocycles. The van der Waals surface area contributed by atoms with E-state index in [0.29, 0.717) is 0 Å². The average Bonchev–Trinajstić information content (AvgIpc) is 3.83. The molecule has 51 heavy (non-hydrogen) atoms. The van der Waals surface area contributed by atoms with Crippen molar-refractivity contribution in [3.63, 3.8) is 0 Å². The molecule has 278 valence electrons. The molecule has 3 aromatic carbocycles. The molecule has 4 fully saturated rings. The minimum atomic E-state index is -1.88. The third-order valence-electron chi connectivity index (χ3n) is 12.1. The number of hydrogen-bond acceptors (Lipinski definition) is 1. The molecule has 1 nitrogen and oxygen atoms in total. The van der Waals surface area contributed by atoms with Crippen LogP contribution in [0.2, 0.25) is 0 Å². The van der Waals surface area contributed by atoms with E-state index in [1.54, 1.807) is 96.3 Å². The summed E-state index contributed by atoms with van der Waals surface area (Å²) in [5.41, 5.74) is 14.1. The van der Waals surface area contributed by atoms with Gasteiger partial charge in [0.05, 0.1) is 17.0 Å². The summed E-state index contributed by atoms with van der Waals surface area (Å²) < 4.78 is 1.12. The summed E-state index contributed by atoms with van der Waals surface area (Å²) in [4.78, 5) is 2.41. The number of nitrogens with zero attached hydrogens (tertiary/aromatic N) is 1. The molecule has 0 amide bonds. The van der Waals surface area contributed by atoms with Crippen molar-refractivity contribution in [2.45, 2.75) is 147 Å². The fraction of sp³-hybridized carbons (Fsp3) is 0.522. The van der Waals surface area contributed by atoms with Crippen LogP contribution in [0.5, 0.6) is 0 Å². The van der Waals surface area contributed by atoms with Gasteiger partial charge < -0.3 is 4.90 Å². The number of anilines is 1.